The maximum absolute atomic E-state index is 12.9. The topological polar surface area (TPSA) is 110 Å². The van der Waals surface area contributed by atoms with Gasteiger partial charge >= 0.3 is 0 Å². The zero-order valence-corrected chi connectivity index (χ0v) is 18.9. The fourth-order valence-electron chi connectivity index (χ4n) is 4.41. The van der Waals surface area contributed by atoms with E-state index in [2.05, 4.69) is 20.3 Å². The summed E-state index contributed by atoms with van der Waals surface area (Å²) in [4.78, 5) is 39.8. The van der Waals surface area contributed by atoms with Crippen molar-refractivity contribution in [1.82, 2.24) is 25.2 Å². The molecule has 172 valence electrons. The van der Waals surface area contributed by atoms with Crippen molar-refractivity contribution >= 4 is 34.5 Å². The largest absolute Gasteiger partial charge is 0.436 e. The van der Waals surface area contributed by atoms with Gasteiger partial charge in [-0.15, -0.1) is 0 Å². The Balaban J connectivity index is 1.21. The molecule has 1 saturated heterocycles. The van der Waals surface area contributed by atoms with E-state index >= 15 is 0 Å². The molecule has 1 aromatic carbocycles. The zero-order chi connectivity index (χ0) is 22.9. The third-order valence-corrected chi connectivity index (χ3v) is 6.52. The molecule has 1 saturated carbocycles. The van der Waals surface area contributed by atoms with E-state index in [4.69, 9.17) is 20.8 Å². The summed E-state index contributed by atoms with van der Waals surface area (Å²) < 4.78 is 11.2. The maximum Gasteiger partial charge on any atom is 0.291 e. The lowest BCUT2D eigenvalue weighted by Crippen LogP contribution is -2.42. The van der Waals surface area contributed by atoms with E-state index in [1.807, 2.05) is 0 Å². The van der Waals surface area contributed by atoms with Gasteiger partial charge in [-0.2, -0.15) is 0 Å². The Bertz CT molecular complexity index is 1180. The number of benzene rings is 1. The van der Waals surface area contributed by atoms with Crippen LogP contribution in [0.15, 0.2) is 35.0 Å². The van der Waals surface area contributed by atoms with E-state index < -0.39 is 0 Å². The minimum atomic E-state index is -0.339. The number of aromatic nitrogens is 3. The van der Waals surface area contributed by atoms with Crippen molar-refractivity contribution in [2.24, 2.45) is 0 Å². The van der Waals surface area contributed by atoms with E-state index in [9.17, 15) is 9.59 Å². The highest BCUT2D eigenvalue weighted by Crippen LogP contribution is 2.27. The minimum absolute atomic E-state index is 0.0114. The summed E-state index contributed by atoms with van der Waals surface area (Å²) in [7, 11) is 1.75. The Morgan fingerprint density at radius 3 is 2.76 bits per heavy atom. The second-order valence-corrected chi connectivity index (χ2v) is 8.95. The normalized spacial score (nSPS) is 22.5. The van der Waals surface area contributed by atoms with Crippen molar-refractivity contribution in [1.29, 1.82) is 0 Å². The summed E-state index contributed by atoms with van der Waals surface area (Å²) in [6.45, 7) is 0.641. The smallest absolute Gasteiger partial charge is 0.291 e. The molecular weight excluding hydrogens is 446 g/mol. The number of ether oxygens (including phenoxy) is 1. The van der Waals surface area contributed by atoms with Crippen LogP contribution in [0.3, 0.4) is 0 Å². The first-order chi connectivity index (χ1) is 16.0. The lowest BCUT2D eigenvalue weighted by atomic mass is 10.2. The molecule has 10 heteroatoms. The van der Waals surface area contributed by atoms with Crippen LogP contribution in [0.5, 0.6) is 0 Å². The number of hydrogen-bond donors (Lipinski definition) is 1. The molecule has 5 rings (SSSR count). The molecule has 0 radical (unpaired) electrons. The molecule has 2 amide bonds. The number of fused-ring (bicyclic) bond motifs is 1. The molecule has 33 heavy (non-hydrogen) atoms. The molecule has 0 spiro atoms. The summed E-state index contributed by atoms with van der Waals surface area (Å²) in [5, 5.41) is 3.63. The van der Waals surface area contributed by atoms with E-state index in [1.54, 1.807) is 30.1 Å². The number of carbonyl (C=O) groups excluding carboxylic acids is 2. The van der Waals surface area contributed by atoms with Crippen LogP contribution >= 0.6 is 11.6 Å². The number of carbonyl (C=O) groups is 2. The molecule has 0 unspecified atom stereocenters. The van der Waals surface area contributed by atoms with Crippen LogP contribution in [0.4, 0.5) is 0 Å². The number of oxazole rings is 1. The van der Waals surface area contributed by atoms with Crippen LogP contribution in [0.25, 0.3) is 22.6 Å². The highest BCUT2D eigenvalue weighted by atomic mass is 35.5. The lowest BCUT2D eigenvalue weighted by Gasteiger charge is -2.24. The number of rotatable bonds is 5. The van der Waals surface area contributed by atoms with Crippen molar-refractivity contribution in [2.45, 2.75) is 50.3 Å². The Morgan fingerprint density at radius 1 is 1.18 bits per heavy atom. The van der Waals surface area contributed by atoms with Gasteiger partial charge in [-0.1, -0.05) is 11.6 Å². The standard InChI is InChI=1S/C23H24ClN5O4/c1-29(16-6-5-15(10-16)27-21(30)18-3-2-8-32-18)23(31)20-25-11-13(12-26-20)22-28-17-7-4-14(24)9-19(17)33-22/h4,7,9,11-12,15-16,18H,2-3,5-6,8,10H2,1H3,(H,27,30)/t15-,16+,18-/m0/s1. The van der Waals surface area contributed by atoms with E-state index in [-0.39, 0.29) is 35.8 Å². The monoisotopic (exact) mass is 469 g/mol. The summed E-state index contributed by atoms with van der Waals surface area (Å²) in [6, 6.07) is 5.26. The summed E-state index contributed by atoms with van der Waals surface area (Å²) in [5.41, 5.74) is 1.82. The Labute approximate surface area is 195 Å². The molecule has 9 nitrogen and oxygen atoms in total. The van der Waals surface area contributed by atoms with Gasteiger partial charge in [-0.25, -0.2) is 15.0 Å². The third-order valence-electron chi connectivity index (χ3n) is 6.28. The maximum atomic E-state index is 12.9. The predicted molar refractivity (Wildman–Crippen MR) is 121 cm³/mol. The average Bonchev–Trinajstić information content (AvgIpc) is 3.58. The second-order valence-electron chi connectivity index (χ2n) is 8.52. The molecule has 3 atom stereocenters. The number of amides is 2. The van der Waals surface area contributed by atoms with Crippen molar-refractivity contribution < 1.29 is 18.7 Å². The first kappa shape index (κ1) is 21.8. The van der Waals surface area contributed by atoms with E-state index in [0.717, 1.165) is 25.7 Å². The zero-order valence-electron chi connectivity index (χ0n) is 18.2. The van der Waals surface area contributed by atoms with E-state index in [0.29, 0.717) is 40.6 Å². The molecule has 1 aliphatic carbocycles. The van der Waals surface area contributed by atoms with Gasteiger partial charge in [-0.3, -0.25) is 9.59 Å². The van der Waals surface area contributed by atoms with Crippen LogP contribution in [0, 0.1) is 0 Å². The van der Waals surface area contributed by atoms with Crippen LogP contribution in [0.1, 0.15) is 42.7 Å². The first-order valence-electron chi connectivity index (χ1n) is 11.1. The van der Waals surface area contributed by atoms with Gasteiger partial charge < -0.3 is 19.4 Å². The fourth-order valence-corrected chi connectivity index (χ4v) is 4.58. The molecule has 3 aromatic rings. The number of hydrogen-bond acceptors (Lipinski definition) is 7. The molecule has 1 aliphatic heterocycles. The lowest BCUT2D eigenvalue weighted by molar-refractivity contribution is -0.130. The van der Waals surface area contributed by atoms with Crippen molar-refractivity contribution in [3.05, 3.63) is 41.4 Å². The predicted octanol–water partition coefficient (Wildman–Crippen LogP) is 3.23. The van der Waals surface area contributed by atoms with Crippen LogP contribution in [-0.4, -0.2) is 63.5 Å². The number of halogens is 1. The number of nitrogens with zero attached hydrogens (tertiary/aromatic N) is 4. The quantitative estimate of drug-likeness (QED) is 0.610. The fraction of sp³-hybridized carbons (Fsp3) is 0.435. The highest BCUT2D eigenvalue weighted by Gasteiger charge is 2.33. The molecular formula is C23H24ClN5O4. The van der Waals surface area contributed by atoms with Gasteiger partial charge in [0.2, 0.25) is 17.6 Å². The van der Waals surface area contributed by atoms with Crippen molar-refractivity contribution in [2.75, 3.05) is 13.7 Å². The minimum Gasteiger partial charge on any atom is -0.436 e. The molecule has 3 heterocycles. The Morgan fingerprint density at radius 2 is 2.00 bits per heavy atom. The van der Waals surface area contributed by atoms with Crippen molar-refractivity contribution in [3.63, 3.8) is 0 Å². The average molecular weight is 470 g/mol. The van der Waals surface area contributed by atoms with Gasteiger partial charge in [0, 0.05) is 49.2 Å². The molecule has 2 aliphatic rings. The Kier molecular flexibility index (Phi) is 5.99. The second kappa shape index (κ2) is 9.07. The van der Waals surface area contributed by atoms with Gasteiger partial charge in [-0.05, 0) is 44.2 Å². The molecule has 2 fully saturated rings. The van der Waals surface area contributed by atoms with Gasteiger partial charge in [0.25, 0.3) is 5.91 Å². The van der Waals surface area contributed by atoms with Gasteiger partial charge in [0.05, 0.1) is 5.56 Å². The van der Waals surface area contributed by atoms with Gasteiger partial charge in [0.15, 0.2) is 5.58 Å². The highest BCUT2D eigenvalue weighted by molar-refractivity contribution is 6.31. The van der Waals surface area contributed by atoms with Crippen LogP contribution in [0.2, 0.25) is 5.02 Å². The molecule has 0 bridgehead atoms. The molecule has 2 aromatic heterocycles. The Hall–Kier alpha value is -3.04. The van der Waals surface area contributed by atoms with Crippen LogP contribution < -0.4 is 5.32 Å². The molecule has 1 N–H and O–H groups in total. The van der Waals surface area contributed by atoms with Gasteiger partial charge in [0.1, 0.15) is 11.6 Å². The van der Waals surface area contributed by atoms with Crippen LogP contribution in [-0.2, 0) is 9.53 Å². The summed E-state index contributed by atoms with van der Waals surface area (Å²) in [5.74, 6) is 0.155. The number of nitrogens with one attached hydrogen (secondary N) is 1. The SMILES string of the molecule is CN(C(=O)c1ncc(-c2nc3ccc(Cl)cc3o2)cn1)[C@@H]1CC[C@H](NC(=O)[C@@H]2CCCO2)C1. The first-order valence-corrected chi connectivity index (χ1v) is 11.4. The summed E-state index contributed by atoms with van der Waals surface area (Å²) >= 11 is 6.00. The van der Waals surface area contributed by atoms with E-state index in [1.165, 1.54) is 12.4 Å². The van der Waals surface area contributed by atoms with Crippen molar-refractivity contribution in [3.8, 4) is 11.5 Å². The third kappa shape index (κ3) is 4.56. The summed E-state index contributed by atoms with van der Waals surface area (Å²) in [6.07, 6.45) is 6.73.